The second-order valence-corrected chi connectivity index (χ2v) is 16.1. The number of rotatable bonds is 15. The van der Waals surface area contributed by atoms with E-state index in [1.165, 1.54) is 12.8 Å². The van der Waals surface area contributed by atoms with Crippen molar-refractivity contribution in [2.75, 3.05) is 6.61 Å². The summed E-state index contributed by atoms with van der Waals surface area (Å²) >= 11 is 0. The van der Waals surface area contributed by atoms with E-state index in [0.717, 1.165) is 40.0 Å². The molecule has 4 rings (SSSR count). The Labute approximate surface area is 315 Å². The van der Waals surface area contributed by atoms with E-state index in [1.54, 1.807) is 52.2 Å². The number of hydrogen-bond donors (Lipinski definition) is 2. The first-order valence-corrected chi connectivity index (χ1v) is 18.6. The molecule has 1 unspecified atom stereocenters. The Morgan fingerprint density at radius 1 is 0.717 bits per heavy atom. The molecule has 0 aliphatic rings. The van der Waals surface area contributed by atoms with Crippen LogP contribution in [0.5, 0.6) is 5.75 Å². The SMILES string of the molecule is CC(C)CCCCOc1ccc(-c2cnc(-c3ccc(CC(NC(=O)c4ccc(C(C)(C)C)cc4)C(=O)N[C@@H](C)C(=O)OC(C)(C)C)cc3)nc2)cc1. The summed E-state index contributed by atoms with van der Waals surface area (Å²) in [6.07, 6.45) is 7.22. The lowest BCUT2D eigenvalue weighted by atomic mass is 9.86. The van der Waals surface area contributed by atoms with Crippen LogP contribution >= 0.6 is 0 Å². The van der Waals surface area contributed by atoms with Gasteiger partial charge in [0.25, 0.3) is 5.91 Å². The molecule has 3 aromatic carbocycles. The van der Waals surface area contributed by atoms with Crippen LogP contribution in [0.4, 0.5) is 0 Å². The number of carbonyl (C=O) groups excluding carboxylic acids is 3. The van der Waals surface area contributed by atoms with Crippen molar-refractivity contribution in [2.24, 2.45) is 5.92 Å². The van der Waals surface area contributed by atoms with Gasteiger partial charge in [0.05, 0.1) is 6.61 Å². The van der Waals surface area contributed by atoms with Crippen LogP contribution in [-0.4, -0.2) is 52.0 Å². The van der Waals surface area contributed by atoms with Crippen LogP contribution in [0.15, 0.2) is 85.2 Å². The molecule has 0 saturated carbocycles. The largest absolute Gasteiger partial charge is 0.494 e. The summed E-state index contributed by atoms with van der Waals surface area (Å²) in [6, 6.07) is 21.0. The van der Waals surface area contributed by atoms with Crippen molar-refractivity contribution in [3.05, 3.63) is 102 Å². The summed E-state index contributed by atoms with van der Waals surface area (Å²) in [5.41, 5.74) is 4.26. The number of nitrogens with one attached hydrogen (secondary N) is 2. The summed E-state index contributed by atoms with van der Waals surface area (Å²) in [7, 11) is 0. The van der Waals surface area contributed by atoms with Crippen LogP contribution in [-0.2, 0) is 26.2 Å². The maximum Gasteiger partial charge on any atom is 0.328 e. The van der Waals surface area contributed by atoms with Crippen LogP contribution < -0.4 is 15.4 Å². The number of ether oxygens (including phenoxy) is 2. The van der Waals surface area contributed by atoms with Gasteiger partial charge in [0.15, 0.2) is 5.82 Å². The zero-order valence-electron chi connectivity index (χ0n) is 32.8. The molecule has 4 aromatic rings. The first-order chi connectivity index (χ1) is 25.0. The minimum Gasteiger partial charge on any atom is -0.494 e. The second-order valence-electron chi connectivity index (χ2n) is 16.1. The summed E-state index contributed by atoms with van der Waals surface area (Å²) in [4.78, 5) is 48.8. The molecule has 0 radical (unpaired) electrons. The number of esters is 1. The van der Waals surface area contributed by atoms with Gasteiger partial charge in [-0.1, -0.05) is 89.6 Å². The highest BCUT2D eigenvalue weighted by Gasteiger charge is 2.28. The molecular formula is C44H56N4O5. The minimum atomic E-state index is -0.960. The Hall–Kier alpha value is -5.05. The van der Waals surface area contributed by atoms with E-state index < -0.39 is 29.6 Å². The third kappa shape index (κ3) is 12.8. The predicted molar refractivity (Wildman–Crippen MR) is 211 cm³/mol. The van der Waals surface area contributed by atoms with Gasteiger partial charge in [-0.25, -0.2) is 14.8 Å². The van der Waals surface area contributed by atoms with Gasteiger partial charge >= 0.3 is 5.97 Å². The molecular weight excluding hydrogens is 665 g/mol. The van der Waals surface area contributed by atoms with E-state index in [0.29, 0.717) is 23.9 Å². The number of benzene rings is 3. The summed E-state index contributed by atoms with van der Waals surface area (Å²) < 4.78 is 11.4. The summed E-state index contributed by atoms with van der Waals surface area (Å²) in [5.74, 6) is 0.689. The molecule has 0 aliphatic carbocycles. The van der Waals surface area contributed by atoms with E-state index in [-0.39, 0.29) is 17.7 Å². The fourth-order valence-corrected chi connectivity index (χ4v) is 5.58. The maximum atomic E-state index is 13.6. The zero-order chi connectivity index (χ0) is 38.8. The molecule has 9 heteroatoms. The molecule has 1 heterocycles. The van der Waals surface area contributed by atoms with Crippen molar-refractivity contribution in [1.29, 1.82) is 0 Å². The Morgan fingerprint density at radius 3 is 1.89 bits per heavy atom. The highest BCUT2D eigenvalue weighted by molar-refractivity contribution is 5.98. The number of carbonyl (C=O) groups is 3. The molecule has 2 amide bonds. The number of aromatic nitrogens is 2. The molecule has 0 aliphatic heterocycles. The molecule has 0 spiro atoms. The number of hydrogen-bond acceptors (Lipinski definition) is 7. The molecule has 282 valence electrons. The van der Waals surface area contributed by atoms with E-state index in [2.05, 4.69) is 55.2 Å². The summed E-state index contributed by atoms with van der Waals surface area (Å²) in [5, 5.41) is 5.62. The van der Waals surface area contributed by atoms with Gasteiger partial charge in [0.2, 0.25) is 5.91 Å². The van der Waals surface area contributed by atoms with Crippen molar-refractivity contribution in [2.45, 2.75) is 111 Å². The Bertz CT molecular complexity index is 1790. The molecule has 53 heavy (non-hydrogen) atoms. The van der Waals surface area contributed by atoms with Gasteiger partial charge in [-0.15, -0.1) is 0 Å². The Morgan fingerprint density at radius 2 is 1.32 bits per heavy atom. The lowest BCUT2D eigenvalue weighted by Crippen LogP contribution is -2.52. The van der Waals surface area contributed by atoms with E-state index in [9.17, 15) is 14.4 Å². The van der Waals surface area contributed by atoms with Gasteiger partial charge in [-0.05, 0) is 92.8 Å². The average molecular weight is 721 g/mol. The fraction of sp³-hybridized carbons (Fsp3) is 0.432. The highest BCUT2D eigenvalue weighted by atomic mass is 16.6. The topological polar surface area (TPSA) is 120 Å². The monoisotopic (exact) mass is 720 g/mol. The maximum absolute atomic E-state index is 13.6. The van der Waals surface area contributed by atoms with Crippen molar-refractivity contribution in [1.82, 2.24) is 20.6 Å². The number of unbranched alkanes of at least 4 members (excludes halogenated alkanes) is 1. The molecule has 0 saturated heterocycles. The van der Waals surface area contributed by atoms with Crippen molar-refractivity contribution in [3.63, 3.8) is 0 Å². The van der Waals surface area contributed by atoms with E-state index in [1.807, 2.05) is 60.7 Å². The number of amides is 2. The highest BCUT2D eigenvalue weighted by Crippen LogP contribution is 2.25. The minimum absolute atomic E-state index is 0.0668. The van der Waals surface area contributed by atoms with Gasteiger partial charge < -0.3 is 20.1 Å². The van der Waals surface area contributed by atoms with Crippen molar-refractivity contribution >= 4 is 17.8 Å². The third-order valence-electron chi connectivity index (χ3n) is 8.69. The van der Waals surface area contributed by atoms with Crippen LogP contribution in [0.3, 0.4) is 0 Å². The van der Waals surface area contributed by atoms with Gasteiger partial charge in [0.1, 0.15) is 23.4 Å². The van der Waals surface area contributed by atoms with Gasteiger partial charge in [0, 0.05) is 35.5 Å². The smallest absolute Gasteiger partial charge is 0.328 e. The van der Waals surface area contributed by atoms with Gasteiger partial charge in [-0.2, -0.15) is 0 Å². The Kier molecular flexibility index (Phi) is 13.9. The third-order valence-corrected chi connectivity index (χ3v) is 8.69. The lowest BCUT2D eigenvalue weighted by molar-refractivity contribution is -0.158. The van der Waals surface area contributed by atoms with E-state index >= 15 is 0 Å². The van der Waals surface area contributed by atoms with Crippen LogP contribution in [0, 0.1) is 5.92 Å². The normalized spacial score (nSPS) is 12.9. The molecule has 2 atom stereocenters. The first kappa shape index (κ1) is 40.7. The van der Waals surface area contributed by atoms with Crippen molar-refractivity contribution < 1.29 is 23.9 Å². The average Bonchev–Trinajstić information content (AvgIpc) is 3.10. The van der Waals surface area contributed by atoms with Gasteiger partial charge in [-0.3, -0.25) is 9.59 Å². The van der Waals surface area contributed by atoms with Crippen LogP contribution in [0.1, 0.15) is 103 Å². The quantitative estimate of drug-likeness (QED) is 0.0934. The molecule has 9 nitrogen and oxygen atoms in total. The number of nitrogens with zero attached hydrogens (tertiary/aromatic N) is 2. The molecule has 0 bridgehead atoms. The predicted octanol–water partition coefficient (Wildman–Crippen LogP) is 8.50. The Balaban J connectivity index is 1.43. The zero-order valence-corrected chi connectivity index (χ0v) is 32.8. The summed E-state index contributed by atoms with van der Waals surface area (Å²) in [6.45, 7) is 18.4. The molecule has 1 aromatic heterocycles. The van der Waals surface area contributed by atoms with Crippen LogP contribution in [0.25, 0.3) is 22.5 Å². The lowest BCUT2D eigenvalue weighted by Gasteiger charge is -2.25. The standard InChI is InChI=1S/C44H56N4O5/c1-29(2)12-10-11-25-52-37-23-19-32(20-24-37)35-27-45-39(46-28-35)33-15-13-31(14-16-33)26-38(41(50)47-30(3)42(51)53-44(7,8)9)48-40(49)34-17-21-36(22-18-34)43(4,5)6/h13-24,27-30,38H,10-12,25-26H2,1-9H3,(H,47,50)(H,48,49)/t30-,38?/m0/s1. The molecule has 0 fully saturated rings. The van der Waals surface area contributed by atoms with E-state index in [4.69, 9.17) is 9.47 Å². The van der Waals surface area contributed by atoms with Crippen molar-refractivity contribution in [3.8, 4) is 28.3 Å². The second kappa shape index (κ2) is 18.1. The first-order valence-electron chi connectivity index (χ1n) is 18.6. The van der Waals surface area contributed by atoms with Crippen LogP contribution in [0.2, 0.25) is 0 Å². The fourth-order valence-electron chi connectivity index (χ4n) is 5.58. The molecule has 2 N–H and O–H groups in total.